The van der Waals surface area contributed by atoms with E-state index < -0.39 is 0 Å². The molecule has 1 aliphatic carbocycles. The molecule has 1 saturated carbocycles. The van der Waals surface area contributed by atoms with Crippen molar-refractivity contribution in [2.45, 2.75) is 24.7 Å². The summed E-state index contributed by atoms with van der Waals surface area (Å²) >= 11 is 0. The zero-order chi connectivity index (χ0) is 16.3. The Morgan fingerprint density at radius 1 is 1.42 bits per heavy atom. The summed E-state index contributed by atoms with van der Waals surface area (Å²) in [6, 6.07) is 7.14. The van der Waals surface area contributed by atoms with Crippen molar-refractivity contribution in [3.05, 3.63) is 35.6 Å². The van der Waals surface area contributed by atoms with E-state index in [0.29, 0.717) is 5.92 Å². The lowest BCUT2D eigenvalue weighted by Gasteiger charge is -2.25. The second-order valence-corrected chi connectivity index (χ2v) is 6.72. The molecule has 2 aliphatic rings. The predicted octanol–water partition coefficient (Wildman–Crippen LogP) is 3.02. The van der Waals surface area contributed by atoms with E-state index in [1.165, 1.54) is 0 Å². The van der Waals surface area contributed by atoms with Gasteiger partial charge in [0.1, 0.15) is 5.82 Å². The minimum absolute atomic E-state index is 0. The summed E-state index contributed by atoms with van der Waals surface area (Å²) in [4.78, 5) is 6.69. The molecule has 4 nitrogen and oxygen atoms in total. The minimum Gasteiger partial charge on any atom is -0.384 e. The van der Waals surface area contributed by atoms with Crippen LogP contribution >= 0.6 is 24.0 Å². The van der Waals surface area contributed by atoms with Crippen molar-refractivity contribution in [1.29, 1.82) is 0 Å². The molecule has 1 aliphatic heterocycles. The maximum absolute atomic E-state index is 14.1. The van der Waals surface area contributed by atoms with E-state index in [2.05, 4.69) is 15.2 Å². The number of ether oxygens (including phenoxy) is 1. The van der Waals surface area contributed by atoms with E-state index in [1.54, 1.807) is 19.2 Å². The van der Waals surface area contributed by atoms with Crippen molar-refractivity contribution in [2.75, 3.05) is 40.4 Å². The van der Waals surface area contributed by atoms with Crippen molar-refractivity contribution < 1.29 is 9.13 Å². The highest BCUT2D eigenvalue weighted by atomic mass is 127. The number of nitrogens with zero attached hydrogens (tertiary/aromatic N) is 2. The lowest BCUT2D eigenvalue weighted by atomic mass is 9.95. The van der Waals surface area contributed by atoms with Crippen molar-refractivity contribution in [3.63, 3.8) is 0 Å². The number of rotatable bonds is 5. The first-order chi connectivity index (χ1) is 11.2. The van der Waals surface area contributed by atoms with E-state index in [4.69, 9.17) is 4.74 Å². The van der Waals surface area contributed by atoms with Crippen LogP contribution in [-0.4, -0.2) is 51.3 Å². The van der Waals surface area contributed by atoms with Gasteiger partial charge in [-0.25, -0.2) is 4.39 Å². The molecule has 3 rings (SSSR count). The van der Waals surface area contributed by atoms with Gasteiger partial charge in [0, 0.05) is 45.1 Å². The molecular formula is C18H27FIN3O. The van der Waals surface area contributed by atoms with Crippen LogP contribution < -0.4 is 5.32 Å². The maximum atomic E-state index is 14.1. The number of hydrogen-bond acceptors (Lipinski definition) is 2. The highest BCUT2D eigenvalue weighted by Gasteiger charge is 2.46. The van der Waals surface area contributed by atoms with E-state index in [-0.39, 0.29) is 35.2 Å². The molecule has 0 bridgehead atoms. The number of aliphatic imine (C=N–C) groups is 1. The zero-order valence-electron chi connectivity index (χ0n) is 14.4. The highest BCUT2D eigenvalue weighted by molar-refractivity contribution is 14.0. The number of benzene rings is 1. The second-order valence-electron chi connectivity index (χ2n) is 6.72. The van der Waals surface area contributed by atoms with E-state index >= 15 is 0 Å². The Labute approximate surface area is 160 Å². The van der Waals surface area contributed by atoms with Gasteiger partial charge in [-0.15, -0.1) is 24.0 Å². The Morgan fingerprint density at radius 2 is 2.17 bits per heavy atom. The Hall–Kier alpha value is -0.890. The SMILES string of the molecule is CN=C(NCC1(c2ccccc2F)CC1)N1CCC(COC)C1.I. The molecule has 0 spiro atoms. The fourth-order valence-electron chi connectivity index (χ4n) is 3.56. The molecule has 1 saturated heterocycles. The molecule has 1 heterocycles. The van der Waals surface area contributed by atoms with Crippen LogP contribution in [0.25, 0.3) is 0 Å². The number of hydrogen-bond donors (Lipinski definition) is 1. The Kier molecular flexibility index (Phi) is 6.86. The molecule has 2 fully saturated rings. The van der Waals surface area contributed by atoms with Crippen molar-refractivity contribution in [2.24, 2.45) is 10.9 Å². The van der Waals surface area contributed by atoms with Gasteiger partial charge >= 0.3 is 0 Å². The van der Waals surface area contributed by atoms with Gasteiger partial charge in [0.25, 0.3) is 0 Å². The zero-order valence-corrected chi connectivity index (χ0v) is 16.8. The van der Waals surface area contributed by atoms with Gasteiger partial charge in [-0.2, -0.15) is 0 Å². The monoisotopic (exact) mass is 447 g/mol. The van der Waals surface area contributed by atoms with E-state index in [0.717, 1.165) is 57.0 Å². The highest BCUT2D eigenvalue weighted by Crippen LogP contribution is 2.48. The third kappa shape index (κ3) is 4.20. The third-order valence-electron chi connectivity index (χ3n) is 5.08. The minimum atomic E-state index is -0.0943. The molecular weight excluding hydrogens is 420 g/mol. The van der Waals surface area contributed by atoms with Crippen LogP contribution in [0.4, 0.5) is 4.39 Å². The first-order valence-corrected chi connectivity index (χ1v) is 8.38. The smallest absolute Gasteiger partial charge is 0.193 e. The van der Waals surface area contributed by atoms with Crippen LogP contribution in [0.2, 0.25) is 0 Å². The van der Waals surface area contributed by atoms with Crippen molar-refractivity contribution in [1.82, 2.24) is 10.2 Å². The summed E-state index contributed by atoms with van der Waals surface area (Å²) in [5.41, 5.74) is 0.772. The number of methoxy groups -OCH3 is 1. The maximum Gasteiger partial charge on any atom is 0.193 e. The third-order valence-corrected chi connectivity index (χ3v) is 5.08. The Morgan fingerprint density at radius 3 is 2.79 bits per heavy atom. The number of likely N-dealkylation sites (tertiary alicyclic amines) is 1. The molecule has 0 aromatic heterocycles. The predicted molar refractivity (Wildman–Crippen MR) is 106 cm³/mol. The topological polar surface area (TPSA) is 36.9 Å². The van der Waals surface area contributed by atoms with Crippen LogP contribution in [0.3, 0.4) is 0 Å². The largest absolute Gasteiger partial charge is 0.384 e. The van der Waals surface area contributed by atoms with Crippen LogP contribution in [-0.2, 0) is 10.2 Å². The Bertz CT molecular complexity index is 577. The fraction of sp³-hybridized carbons (Fsp3) is 0.611. The molecule has 0 radical (unpaired) electrons. The van der Waals surface area contributed by atoms with Gasteiger partial charge in [-0.1, -0.05) is 18.2 Å². The summed E-state index contributed by atoms with van der Waals surface area (Å²) in [5, 5.41) is 3.47. The van der Waals surface area contributed by atoms with Gasteiger partial charge < -0.3 is 15.0 Å². The van der Waals surface area contributed by atoms with Crippen LogP contribution in [0.5, 0.6) is 0 Å². The standard InChI is InChI=1S/C18H26FN3O.HI/c1-20-17(22-10-7-14(11-22)12-23-2)21-13-18(8-9-18)15-5-3-4-6-16(15)19;/h3-6,14H,7-13H2,1-2H3,(H,20,21);1H. The normalized spacial score (nSPS) is 22.2. The van der Waals surface area contributed by atoms with Gasteiger partial charge in [-0.05, 0) is 30.9 Å². The summed E-state index contributed by atoms with van der Waals surface area (Å²) in [6.07, 6.45) is 3.20. The van der Waals surface area contributed by atoms with Crippen LogP contribution in [0.15, 0.2) is 29.3 Å². The lowest BCUT2D eigenvalue weighted by molar-refractivity contribution is 0.157. The van der Waals surface area contributed by atoms with Gasteiger partial charge in [-0.3, -0.25) is 4.99 Å². The van der Waals surface area contributed by atoms with Crippen LogP contribution in [0.1, 0.15) is 24.8 Å². The molecule has 1 N–H and O–H groups in total. The summed E-state index contributed by atoms with van der Waals surface area (Å²) in [7, 11) is 3.57. The van der Waals surface area contributed by atoms with E-state index in [9.17, 15) is 4.39 Å². The summed E-state index contributed by atoms with van der Waals surface area (Å²) in [5.74, 6) is 1.40. The van der Waals surface area contributed by atoms with Gasteiger partial charge in [0.15, 0.2) is 5.96 Å². The second kappa shape index (κ2) is 8.47. The van der Waals surface area contributed by atoms with Crippen molar-refractivity contribution in [3.8, 4) is 0 Å². The first kappa shape index (κ1) is 19.4. The van der Waals surface area contributed by atoms with Gasteiger partial charge in [0.2, 0.25) is 0 Å². The average molecular weight is 447 g/mol. The van der Waals surface area contributed by atoms with E-state index in [1.807, 2.05) is 19.2 Å². The van der Waals surface area contributed by atoms with Crippen LogP contribution in [0, 0.1) is 11.7 Å². The molecule has 1 aromatic carbocycles. The molecule has 0 amide bonds. The quantitative estimate of drug-likeness (QED) is 0.429. The molecule has 24 heavy (non-hydrogen) atoms. The number of nitrogens with one attached hydrogen (secondary N) is 1. The summed E-state index contributed by atoms with van der Waals surface area (Å²) in [6.45, 7) is 3.51. The lowest BCUT2D eigenvalue weighted by Crippen LogP contribution is -2.43. The number of guanidine groups is 1. The number of halogens is 2. The van der Waals surface area contributed by atoms with Crippen molar-refractivity contribution >= 4 is 29.9 Å². The fourth-order valence-corrected chi connectivity index (χ4v) is 3.56. The molecule has 1 unspecified atom stereocenters. The average Bonchev–Trinajstić information content (AvgIpc) is 3.20. The molecule has 1 aromatic rings. The molecule has 1 atom stereocenters. The molecule has 6 heteroatoms. The summed E-state index contributed by atoms with van der Waals surface area (Å²) < 4.78 is 19.3. The first-order valence-electron chi connectivity index (χ1n) is 8.38. The van der Waals surface area contributed by atoms with Gasteiger partial charge in [0.05, 0.1) is 6.61 Å². The molecule has 134 valence electrons. The Balaban J connectivity index is 0.00000208.